The fourth-order valence-electron chi connectivity index (χ4n) is 2.42. The highest BCUT2D eigenvalue weighted by Gasteiger charge is 2.43. The Labute approximate surface area is 128 Å². The van der Waals surface area contributed by atoms with Crippen LogP contribution in [0.25, 0.3) is 0 Å². The summed E-state index contributed by atoms with van der Waals surface area (Å²) in [7, 11) is 0. The maximum Gasteiger partial charge on any atom is 0.335 e. The van der Waals surface area contributed by atoms with Crippen LogP contribution in [-0.4, -0.2) is 47.0 Å². The van der Waals surface area contributed by atoms with E-state index in [9.17, 15) is 19.5 Å². The summed E-state index contributed by atoms with van der Waals surface area (Å²) in [5.74, 6) is -1.58. The van der Waals surface area contributed by atoms with Gasteiger partial charge in [0.05, 0.1) is 17.7 Å². The van der Waals surface area contributed by atoms with Gasteiger partial charge in [-0.25, -0.2) is 4.79 Å². The third-order valence-corrected chi connectivity index (χ3v) is 3.69. The summed E-state index contributed by atoms with van der Waals surface area (Å²) in [6, 6.07) is 6.55. The van der Waals surface area contributed by atoms with E-state index in [-0.39, 0.29) is 13.2 Å². The van der Waals surface area contributed by atoms with Crippen LogP contribution < -0.4 is 0 Å². The highest BCUT2D eigenvalue weighted by atomic mass is 16.5. The summed E-state index contributed by atoms with van der Waals surface area (Å²) in [5, 5.41) is 10.1. The quantitative estimate of drug-likeness (QED) is 0.653. The number of imide groups is 1. The molecule has 1 N–H and O–H groups in total. The smallest absolute Gasteiger partial charge is 0.335 e. The van der Waals surface area contributed by atoms with Gasteiger partial charge in [0.15, 0.2) is 6.10 Å². The molecule has 1 aliphatic heterocycles. The molecule has 0 unspecified atom stereocenters. The Bertz CT molecular complexity index is 588. The summed E-state index contributed by atoms with van der Waals surface area (Å²) in [4.78, 5) is 37.4. The van der Waals surface area contributed by atoms with Crippen molar-refractivity contribution in [1.82, 2.24) is 4.90 Å². The molecule has 118 valence electrons. The van der Waals surface area contributed by atoms with Gasteiger partial charge in [0, 0.05) is 12.0 Å². The molecule has 0 fully saturated rings. The molecular formula is C16H19NO5. The molecule has 1 atom stereocenters. The van der Waals surface area contributed by atoms with Gasteiger partial charge in [-0.05, 0) is 19.1 Å². The monoisotopic (exact) mass is 305 g/mol. The first-order valence-corrected chi connectivity index (χ1v) is 7.09. The average molecular weight is 305 g/mol. The van der Waals surface area contributed by atoms with Crippen LogP contribution in [0.2, 0.25) is 0 Å². The highest BCUT2D eigenvalue weighted by molar-refractivity contribution is 6.21. The van der Waals surface area contributed by atoms with Gasteiger partial charge in [-0.2, -0.15) is 0 Å². The molecular weight excluding hydrogens is 286 g/mol. The number of aliphatic hydroxyl groups is 1. The van der Waals surface area contributed by atoms with E-state index in [4.69, 9.17) is 4.74 Å². The second-order valence-corrected chi connectivity index (χ2v) is 5.89. The lowest BCUT2D eigenvalue weighted by Gasteiger charge is -2.32. The summed E-state index contributed by atoms with van der Waals surface area (Å²) in [6.07, 6.45) is -1.42. The van der Waals surface area contributed by atoms with Crippen LogP contribution in [0.15, 0.2) is 24.3 Å². The molecule has 2 rings (SSSR count). The molecule has 22 heavy (non-hydrogen) atoms. The Balaban J connectivity index is 2.19. The predicted octanol–water partition coefficient (Wildman–Crippen LogP) is 1.23. The molecule has 0 bridgehead atoms. The number of ether oxygens (including phenoxy) is 1. The van der Waals surface area contributed by atoms with Gasteiger partial charge >= 0.3 is 5.97 Å². The Morgan fingerprint density at radius 1 is 1.23 bits per heavy atom. The first kappa shape index (κ1) is 16.2. The Hall–Kier alpha value is -2.21. The molecule has 1 aromatic rings. The number of rotatable bonds is 5. The maximum atomic E-state index is 12.3. The average Bonchev–Trinajstić information content (AvgIpc) is 2.72. The number of fused-ring (bicyclic) bond motifs is 1. The maximum absolute atomic E-state index is 12.3. The van der Waals surface area contributed by atoms with Crippen LogP contribution in [0.1, 0.15) is 41.5 Å². The third kappa shape index (κ3) is 2.74. The number of hydrogen-bond donors (Lipinski definition) is 1. The molecule has 1 heterocycles. The molecule has 0 aliphatic carbocycles. The Morgan fingerprint density at radius 3 is 2.18 bits per heavy atom. The fourth-order valence-corrected chi connectivity index (χ4v) is 2.42. The van der Waals surface area contributed by atoms with E-state index in [1.807, 2.05) is 0 Å². The number of carbonyl (C=O) groups excluding carboxylic acids is 3. The topological polar surface area (TPSA) is 83.9 Å². The van der Waals surface area contributed by atoms with Crippen LogP contribution in [0.3, 0.4) is 0 Å². The van der Waals surface area contributed by atoms with Crippen molar-refractivity contribution in [2.75, 3.05) is 13.2 Å². The van der Waals surface area contributed by atoms with Gasteiger partial charge in [-0.15, -0.1) is 0 Å². The summed E-state index contributed by atoms with van der Waals surface area (Å²) >= 11 is 0. The van der Waals surface area contributed by atoms with Gasteiger partial charge in [0.25, 0.3) is 11.8 Å². The van der Waals surface area contributed by atoms with Crippen molar-refractivity contribution < 1.29 is 24.2 Å². The van der Waals surface area contributed by atoms with E-state index >= 15 is 0 Å². The van der Waals surface area contributed by atoms with Crippen LogP contribution in [0.4, 0.5) is 0 Å². The molecule has 6 nitrogen and oxygen atoms in total. The molecule has 0 saturated heterocycles. The van der Waals surface area contributed by atoms with Gasteiger partial charge in [-0.3, -0.25) is 14.5 Å². The summed E-state index contributed by atoms with van der Waals surface area (Å²) in [5.41, 5.74) is -0.331. The minimum Gasteiger partial charge on any atom is -0.464 e. The van der Waals surface area contributed by atoms with Crippen LogP contribution in [0, 0.1) is 5.41 Å². The van der Waals surface area contributed by atoms with Crippen molar-refractivity contribution in [2.24, 2.45) is 5.41 Å². The molecule has 0 spiro atoms. The predicted molar refractivity (Wildman–Crippen MR) is 78.2 cm³/mol. The largest absolute Gasteiger partial charge is 0.464 e. The number of hydrogen-bond acceptors (Lipinski definition) is 5. The van der Waals surface area contributed by atoms with Gasteiger partial charge < -0.3 is 9.84 Å². The first-order chi connectivity index (χ1) is 10.3. The van der Waals surface area contributed by atoms with Gasteiger partial charge in [-0.1, -0.05) is 26.0 Å². The highest BCUT2D eigenvalue weighted by Crippen LogP contribution is 2.29. The zero-order valence-electron chi connectivity index (χ0n) is 12.8. The van der Waals surface area contributed by atoms with E-state index in [1.165, 1.54) is 0 Å². The number of aliphatic hydroxyl groups excluding tert-OH is 1. The SMILES string of the molecule is CCOC(=O)[C@H](O)C(C)(C)CN1C(=O)c2ccccc2C1=O. The zero-order chi connectivity index (χ0) is 16.5. The third-order valence-electron chi connectivity index (χ3n) is 3.69. The Morgan fingerprint density at radius 2 is 1.73 bits per heavy atom. The van der Waals surface area contributed by atoms with Crippen molar-refractivity contribution in [3.8, 4) is 0 Å². The van der Waals surface area contributed by atoms with E-state index in [1.54, 1.807) is 45.0 Å². The molecule has 1 aromatic carbocycles. The minimum absolute atomic E-state index is 0.0701. The van der Waals surface area contributed by atoms with Gasteiger partial charge in [0.1, 0.15) is 0 Å². The lowest BCUT2D eigenvalue weighted by Crippen LogP contribution is -2.47. The number of carbonyl (C=O) groups is 3. The van der Waals surface area contributed by atoms with Gasteiger partial charge in [0.2, 0.25) is 0 Å². The molecule has 0 aromatic heterocycles. The first-order valence-electron chi connectivity index (χ1n) is 7.09. The van der Waals surface area contributed by atoms with Crippen molar-refractivity contribution >= 4 is 17.8 Å². The number of amides is 2. The zero-order valence-corrected chi connectivity index (χ0v) is 12.8. The van der Waals surface area contributed by atoms with E-state index < -0.39 is 29.3 Å². The lowest BCUT2D eigenvalue weighted by molar-refractivity contribution is -0.160. The van der Waals surface area contributed by atoms with Crippen LogP contribution in [0.5, 0.6) is 0 Å². The van der Waals surface area contributed by atoms with Crippen molar-refractivity contribution in [3.63, 3.8) is 0 Å². The number of benzene rings is 1. The molecule has 1 aliphatic rings. The summed E-state index contributed by atoms with van der Waals surface area (Å²) in [6.45, 7) is 4.94. The fraction of sp³-hybridized carbons (Fsp3) is 0.438. The minimum atomic E-state index is -1.42. The van der Waals surface area contributed by atoms with E-state index in [0.29, 0.717) is 11.1 Å². The Kier molecular flexibility index (Phi) is 4.32. The number of esters is 1. The van der Waals surface area contributed by atoms with Crippen molar-refractivity contribution in [3.05, 3.63) is 35.4 Å². The van der Waals surface area contributed by atoms with Crippen molar-refractivity contribution in [1.29, 1.82) is 0 Å². The van der Waals surface area contributed by atoms with Crippen LogP contribution >= 0.6 is 0 Å². The van der Waals surface area contributed by atoms with Crippen LogP contribution in [-0.2, 0) is 9.53 Å². The molecule has 0 radical (unpaired) electrons. The summed E-state index contributed by atoms with van der Waals surface area (Å²) < 4.78 is 4.79. The second kappa shape index (κ2) is 5.88. The van der Waals surface area contributed by atoms with E-state index in [0.717, 1.165) is 4.90 Å². The van der Waals surface area contributed by atoms with Crippen molar-refractivity contribution in [2.45, 2.75) is 26.9 Å². The van der Waals surface area contributed by atoms with E-state index in [2.05, 4.69) is 0 Å². The normalized spacial score (nSPS) is 15.7. The standard InChI is InChI=1S/C16H19NO5/c1-4-22-15(21)12(18)16(2,3)9-17-13(19)10-7-5-6-8-11(10)14(17)20/h5-8,12,18H,4,9H2,1-3H3/t12-/m0/s1. The molecule has 2 amide bonds. The number of nitrogens with zero attached hydrogens (tertiary/aromatic N) is 1. The molecule has 6 heteroatoms. The second-order valence-electron chi connectivity index (χ2n) is 5.89. The lowest BCUT2D eigenvalue weighted by atomic mass is 9.85. The molecule has 0 saturated carbocycles.